The zero-order valence-electron chi connectivity index (χ0n) is 11.4. The van der Waals surface area contributed by atoms with Gasteiger partial charge in [0.2, 0.25) is 0 Å². The van der Waals surface area contributed by atoms with Gasteiger partial charge in [0.25, 0.3) is 0 Å². The molecule has 0 radical (unpaired) electrons. The van der Waals surface area contributed by atoms with Crippen molar-refractivity contribution in [3.8, 4) is 0 Å². The Morgan fingerprint density at radius 1 is 0.579 bits per heavy atom. The Kier molecular flexibility index (Phi) is 5.10. The second kappa shape index (κ2) is 7.04. The molecule has 0 heterocycles. The first kappa shape index (κ1) is 13.7. The molecule has 0 aromatic heterocycles. The molecule has 0 aliphatic heterocycles. The summed E-state index contributed by atoms with van der Waals surface area (Å²) in [5, 5.41) is 2.33. The average molecular weight is 258 g/mol. The largest absolute Gasteiger partial charge is 0.354 e. The highest BCUT2D eigenvalue weighted by atomic mass is 14.8. The molecule has 0 unspecified atom stereocenters. The third kappa shape index (κ3) is 4.17. The van der Waals surface area contributed by atoms with Crippen LogP contribution >= 0.6 is 0 Å². The molecule has 0 amide bonds. The highest BCUT2D eigenvalue weighted by Crippen LogP contribution is 2.03. The minimum Gasteiger partial charge on any atom is -0.354 e. The van der Waals surface area contributed by atoms with Gasteiger partial charge in [-0.2, -0.15) is 0 Å². The smallest absolute Gasteiger partial charge is 0.101 e. The Balaban J connectivity index is 1.81. The van der Waals surface area contributed by atoms with Crippen molar-refractivity contribution in [2.24, 2.45) is 0 Å². The van der Waals surface area contributed by atoms with Gasteiger partial charge in [-0.15, -0.1) is 0 Å². The van der Waals surface area contributed by atoms with Crippen molar-refractivity contribution in [3.05, 3.63) is 70.8 Å². The topological polar surface area (TPSA) is 71.9 Å². The predicted octanol–water partition coefficient (Wildman–Crippen LogP) is -0.566. The van der Waals surface area contributed by atoms with Crippen LogP contribution in [0.1, 0.15) is 22.3 Å². The van der Waals surface area contributed by atoms with Gasteiger partial charge < -0.3 is 16.8 Å². The third-order valence-electron chi connectivity index (χ3n) is 3.38. The molecule has 100 valence electrons. The van der Waals surface area contributed by atoms with Crippen LogP contribution in [0.15, 0.2) is 48.5 Å². The van der Waals surface area contributed by atoms with E-state index in [4.69, 9.17) is 0 Å². The molecule has 0 aliphatic rings. The van der Waals surface area contributed by atoms with Crippen LogP contribution in [0, 0.1) is 0 Å². The molecule has 3 nitrogen and oxygen atoms in total. The van der Waals surface area contributed by atoms with E-state index in [1.807, 2.05) is 0 Å². The molecular weight excluding hydrogens is 234 g/mol. The summed E-state index contributed by atoms with van der Waals surface area (Å²) >= 11 is 0. The van der Waals surface area contributed by atoms with Gasteiger partial charge in [-0.25, -0.2) is 0 Å². The van der Waals surface area contributed by atoms with E-state index in [9.17, 15) is 0 Å². The molecule has 0 fully saturated rings. The highest BCUT2D eigenvalue weighted by molar-refractivity contribution is 5.22. The lowest BCUT2D eigenvalue weighted by Crippen LogP contribution is -2.80. The number of hydrogen-bond donors (Lipinski definition) is 3. The molecule has 2 rings (SSSR count). The Morgan fingerprint density at radius 2 is 0.895 bits per heavy atom. The zero-order valence-corrected chi connectivity index (χ0v) is 11.4. The van der Waals surface area contributed by atoms with Crippen molar-refractivity contribution < 1.29 is 16.8 Å². The van der Waals surface area contributed by atoms with E-state index < -0.39 is 0 Å². The standard InChI is InChI=1S/C16H21N3/c17-9-13-1-5-15(6-2-13)11-19-12-16-7-3-14(10-18)4-8-16/h1-8,19H,9-12,17-18H2/p+3. The van der Waals surface area contributed by atoms with Gasteiger partial charge in [0.05, 0.1) is 13.1 Å². The molecule has 0 saturated carbocycles. The molecule has 0 saturated heterocycles. The molecule has 3 heteroatoms. The van der Waals surface area contributed by atoms with Crippen molar-refractivity contribution in [3.63, 3.8) is 0 Å². The SMILES string of the molecule is [NH3+]Cc1ccc(C[NH2+]Cc2ccc(C[NH3+])cc2)cc1. The van der Waals surface area contributed by atoms with Gasteiger partial charge in [0, 0.05) is 22.3 Å². The number of nitrogens with two attached hydrogens (primary N) is 1. The van der Waals surface area contributed by atoms with Crippen molar-refractivity contribution >= 4 is 0 Å². The fraction of sp³-hybridized carbons (Fsp3) is 0.250. The van der Waals surface area contributed by atoms with Gasteiger partial charge in [-0.1, -0.05) is 48.5 Å². The van der Waals surface area contributed by atoms with Gasteiger partial charge in [-0.05, 0) is 0 Å². The van der Waals surface area contributed by atoms with Crippen molar-refractivity contribution in [2.75, 3.05) is 0 Å². The second-order valence-electron chi connectivity index (χ2n) is 4.83. The Hall–Kier alpha value is -1.68. The van der Waals surface area contributed by atoms with Gasteiger partial charge in [0.15, 0.2) is 0 Å². The molecule has 8 N–H and O–H groups in total. The van der Waals surface area contributed by atoms with Gasteiger partial charge >= 0.3 is 0 Å². The molecule has 0 bridgehead atoms. The molecule has 0 aliphatic carbocycles. The van der Waals surface area contributed by atoms with Crippen molar-refractivity contribution in [1.29, 1.82) is 0 Å². The van der Waals surface area contributed by atoms with Crippen LogP contribution in [-0.2, 0) is 26.2 Å². The van der Waals surface area contributed by atoms with Crippen LogP contribution in [0.25, 0.3) is 0 Å². The van der Waals surface area contributed by atoms with E-state index in [2.05, 4.69) is 65.3 Å². The van der Waals surface area contributed by atoms with Crippen LogP contribution in [0.2, 0.25) is 0 Å². The minimum absolute atomic E-state index is 0.864. The van der Waals surface area contributed by atoms with Crippen LogP contribution in [0.5, 0.6) is 0 Å². The summed E-state index contributed by atoms with van der Waals surface area (Å²) in [4.78, 5) is 0. The normalized spacial score (nSPS) is 10.6. The first-order valence-corrected chi connectivity index (χ1v) is 6.87. The maximum atomic E-state index is 3.89. The van der Waals surface area contributed by atoms with E-state index >= 15 is 0 Å². The van der Waals surface area contributed by atoms with Crippen LogP contribution in [-0.4, -0.2) is 0 Å². The molecular formula is C16H24N3+3. The first-order valence-electron chi connectivity index (χ1n) is 6.87. The fourth-order valence-electron chi connectivity index (χ4n) is 2.09. The minimum atomic E-state index is 0.864. The second-order valence-corrected chi connectivity index (χ2v) is 4.83. The summed E-state index contributed by atoms with van der Waals surface area (Å²) in [6.07, 6.45) is 0. The van der Waals surface area contributed by atoms with Crippen molar-refractivity contribution in [2.45, 2.75) is 26.2 Å². The summed E-state index contributed by atoms with van der Waals surface area (Å²) < 4.78 is 0. The van der Waals surface area contributed by atoms with Gasteiger partial charge in [-0.3, -0.25) is 0 Å². The Labute approximate surface area is 114 Å². The van der Waals surface area contributed by atoms with E-state index in [-0.39, 0.29) is 0 Å². The molecule has 19 heavy (non-hydrogen) atoms. The zero-order chi connectivity index (χ0) is 13.5. The van der Waals surface area contributed by atoms with Crippen LogP contribution < -0.4 is 16.8 Å². The number of hydrogen-bond acceptors (Lipinski definition) is 0. The lowest BCUT2D eigenvalue weighted by atomic mass is 10.1. The van der Waals surface area contributed by atoms with Crippen LogP contribution in [0.4, 0.5) is 0 Å². The first-order chi connectivity index (χ1) is 9.31. The highest BCUT2D eigenvalue weighted by Gasteiger charge is 1.99. The number of rotatable bonds is 6. The summed E-state index contributed by atoms with van der Waals surface area (Å²) in [6, 6.07) is 17.5. The van der Waals surface area contributed by atoms with Crippen LogP contribution in [0.3, 0.4) is 0 Å². The Bertz CT molecular complexity index is 441. The monoisotopic (exact) mass is 258 g/mol. The Morgan fingerprint density at radius 3 is 1.21 bits per heavy atom. The van der Waals surface area contributed by atoms with E-state index in [0.717, 1.165) is 26.2 Å². The lowest BCUT2D eigenvalue weighted by Gasteiger charge is -2.03. The van der Waals surface area contributed by atoms with Crippen molar-refractivity contribution in [1.82, 2.24) is 0 Å². The quantitative estimate of drug-likeness (QED) is 0.621. The summed E-state index contributed by atoms with van der Waals surface area (Å²) in [7, 11) is 0. The maximum absolute atomic E-state index is 3.89. The van der Waals surface area contributed by atoms with E-state index in [1.165, 1.54) is 22.3 Å². The predicted molar refractivity (Wildman–Crippen MR) is 75.4 cm³/mol. The molecule has 0 atom stereocenters. The lowest BCUT2D eigenvalue weighted by molar-refractivity contribution is -0.686. The molecule has 0 spiro atoms. The summed E-state index contributed by atoms with van der Waals surface area (Å²) in [5.74, 6) is 0. The molecule has 2 aromatic rings. The molecule has 2 aromatic carbocycles. The summed E-state index contributed by atoms with van der Waals surface area (Å²) in [5.41, 5.74) is 13.1. The average Bonchev–Trinajstić information content (AvgIpc) is 2.49. The maximum Gasteiger partial charge on any atom is 0.101 e. The van der Waals surface area contributed by atoms with Gasteiger partial charge in [0.1, 0.15) is 13.1 Å². The van der Waals surface area contributed by atoms with E-state index in [0.29, 0.717) is 0 Å². The number of quaternary nitrogens is 3. The summed E-state index contributed by atoms with van der Waals surface area (Å²) in [6.45, 7) is 3.77. The third-order valence-corrected chi connectivity index (χ3v) is 3.38. The number of benzene rings is 2. The fourth-order valence-corrected chi connectivity index (χ4v) is 2.09. The van der Waals surface area contributed by atoms with E-state index in [1.54, 1.807) is 0 Å².